The fourth-order valence-electron chi connectivity index (χ4n) is 2.35. The summed E-state index contributed by atoms with van der Waals surface area (Å²) in [7, 11) is 0. The van der Waals surface area contributed by atoms with Gasteiger partial charge in [-0.2, -0.15) is 4.52 Å². The molecule has 0 unspecified atom stereocenters. The SMILES string of the molecule is C[C@@H](O)CNc1ccc2nnc(-c3ccc4c(c3)OCO4)n2n1. The summed E-state index contributed by atoms with van der Waals surface area (Å²) in [6, 6.07) is 9.21. The highest BCUT2D eigenvalue weighted by atomic mass is 16.7. The number of aliphatic hydroxyl groups excluding tert-OH is 1. The molecule has 0 bridgehead atoms. The van der Waals surface area contributed by atoms with Gasteiger partial charge < -0.3 is 19.9 Å². The quantitative estimate of drug-likeness (QED) is 0.750. The van der Waals surface area contributed by atoms with Gasteiger partial charge in [0.2, 0.25) is 6.79 Å². The minimum Gasteiger partial charge on any atom is -0.454 e. The number of benzene rings is 1. The van der Waals surface area contributed by atoms with Gasteiger partial charge in [-0.25, -0.2) is 0 Å². The largest absolute Gasteiger partial charge is 0.454 e. The van der Waals surface area contributed by atoms with E-state index in [1.54, 1.807) is 17.5 Å². The average Bonchev–Trinajstić information content (AvgIpc) is 3.18. The molecular weight excluding hydrogens is 298 g/mol. The van der Waals surface area contributed by atoms with E-state index in [0.717, 1.165) is 11.3 Å². The number of ether oxygens (including phenoxy) is 2. The Bertz CT molecular complexity index is 861. The second-order valence-corrected chi connectivity index (χ2v) is 5.31. The van der Waals surface area contributed by atoms with Crippen LogP contribution in [-0.2, 0) is 0 Å². The molecule has 4 rings (SSSR count). The molecule has 3 aromatic rings. The third-order valence-corrected chi connectivity index (χ3v) is 3.47. The Hall–Kier alpha value is -2.87. The molecule has 1 aliphatic heterocycles. The van der Waals surface area contributed by atoms with Crippen LogP contribution in [0.5, 0.6) is 11.5 Å². The first-order valence-electron chi connectivity index (χ1n) is 7.25. The molecule has 0 aliphatic carbocycles. The molecule has 1 atom stereocenters. The number of hydrogen-bond acceptors (Lipinski definition) is 7. The van der Waals surface area contributed by atoms with Crippen LogP contribution in [0.2, 0.25) is 0 Å². The van der Waals surface area contributed by atoms with Crippen molar-refractivity contribution in [3.05, 3.63) is 30.3 Å². The van der Waals surface area contributed by atoms with Gasteiger partial charge in [0.05, 0.1) is 6.10 Å². The molecule has 118 valence electrons. The fraction of sp³-hybridized carbons (Fsp3) is 0.267. The molecule has 0 saturated carbocycles. The highest BCUT2D eigenvalue weighted by molar-refractivity contribution is 5.64. The van der Waals surface area contributed by atoms with E-state index in [1.807, 2.05) is 24.3 Å². The van der Waals surface area contributed by atoms with E-state index in [2.05, 4.69) is 20.6 Å². The van der Waals surface area contributed by atoms with Crippen molar-refractivity contribution >= 4 is 11.5 Å². The van der Waals surface area contributed by atoms with Crippen LogP contribution >= 0.6 is 0 Å². The van der Waals surface area contributed by atoms with Crippen molar-refractivity contribution in [1.29, 1.82) is 0 Å². The Kier molecular flexibility index (Phi) is 3.23. The second kappa shape index (κ2) is 5.40. The van der Waals surface area contributed by atoms with Crippen molar-refractivity contribution in [3.63, 3.8) is 0 Å². The molecule has 0 radical (unpaired) electrons. The Morgan fingerprint density at radius 1 is 1.22 bits per heavy atom. The molecule has 2 aromatic heterocycles. The molecule has 0 spiro atoms. The van der Waals surface area contributed by atoms with E-state index in [0.29, 0.717) is 29.6 Å². The van der Waals surface area contributed by atoms with Gasteiger partial charge in [-0.15, -0.1) is 15.3 Å². The van der Waals surface area contributed by atoms with Crippen LogP contribution in [0.3, 0.4) is 0 Å². The number of rotatable bonds is 4. The summed E-state index contributed by atoms with van der Waals surface area (Å²) in [5, 5.41) is 25.2. The van der Waals surface area contributed by atoms with Crippen molar-refractivity contribution < 1.29 is 14.6 Å². The molecule has 0 saturated heterocycles. The van der Waals surface area contributed by atoms with Gasteiger partial charge >= 0.3 is 0 Å². The Morgan fingerprint density at radius 3 is 2.96 bits per heavy atom. The maximum Gasteiger partial charge on any atom is 0.231 e. The van der Waals surface area contributed by atoms with E-state index < -0.39 is 6.10 Å². The van der Waals surface area contributed by atoms with Gasteiger partial charge in [0.25, 0.3) is 0 Å². The van der Waals surface area contributed by atoms with Crippen molar-refractivity contribution in [2.75, 3.05) is 18.7 Å². The third kappa shape index (κ3) is 2.53. The van der Waals surface area contributed by atoms with E-state index >= 15 is 0 Å². The molecular formula is C15H15N5O3. The van der Waals surface area contributed by atoms with Gasteiger partial charge in [-0.3, -0.25) is 0 Å². The van der Waals surface area contributed by atoms with Gasteiger partial charge in [-0.05, 0) is 37.3 Å². The first kappa shape index (κ1) is 13.8. The maximum absolute atomic E-state index is 9.36. The van der Waals surface area contributed by atoms with E-state index in [1.165, 1.54) is 0 Å². The predicted octanol–water partition coefficient (Wildman–Crippen LogP) is 1.31. The smallest absolute Gasteiger partial charge is 0.231 e. The lowest BCUT2D eigenvalue weighted by atomic mass is 10.2. The number of hydrogen-bond donors (Lipinski definition) is 2. The Labute approximate surface area is 131 Å². The standard InChI is InChI=1S/C15H15N5O3/c1-9(21)7-16-13-4-5-14-17-18-15(20(14)19-13)10-2-3-11-12(6-10)23-8-22-11/h2-6,9,21H,7-8H2,1H3,(H,16,19)/t9-/m1/s1. The zero-order valence-corrected chi connectivity index (χ0v) is 12.4. The molecule has 2 N–H and O–H groups in total. The molecule has 0 amide bonds. The molecule has 0 fully saturated rings. The van der Waals surface area contributed by atoms with Gasteiger partial charge in [0, 0.05) is 12.1 Å². The van der Waals surface area contributed by atoms with E-state index in [4.69, 9.17) is 9.47 Å². The fourth-order valence-corrected chi connectivity index (χ4v) is 2.35. The van der Waals surface area contributed by atoms with Crippen LogP contribution in [-0.4, -0.2) is 44.4 Å². The summed E-state index contributed by atoms with van der Waals surface area (Å²) in [6.07, 6.45) is -0.457. The summed E-state index contributed by atoms with van der Waals surface area (Å²) in [5.74, 6) is 2.65. The minimum absolute atomic E-state index is 0.227. The number of fused-ring (bicyclic) bond motifs is 2. The molecule has 3 heterocycles. The number of anilines is 1. The summed E-state index contributed by atoms with van der Waals surface area (Å²) < 4.78 is 12.4. The topological polar surface area (TPSA) is 93.8 Å². The molecule has 23 heavy (non-hydrogen) atoms. The highest BCUT2D eigenvalue weighted by Crippen LogP contribution is 2.35. The summed E-state index contributed by atoms with van der Waals surface area (Å²) in [4.78, 5) is 0. The normalized spacial score (nSPS) is 14.2. The molecule has 8 heteroatoms. The third-order valence-electron chi connectivity index (χ3n) is 3.47. The monoisotopic (exact) mass is 313 g/mol. The van der Waals surface area contributed by atoms with Crippen molar-refractivity contribution in [1.82, 2.24) is 19.8 Å². The average molecular weight is 313 g/mol. The summed E-state index contributed by atoms with van der Waals surface area (Å²) in [6.45, 7) is 2.35. The molecule has 8 nitrogen and oxygen atoms in total. The van der Waals surface area contributed by atoms with Gasteiger partial charge in [0.1, 0.15) is 5.82 Å². The van der Waals surface area contributed by atoms with Gasteiger partial charge in [0.15, 0.2) is 23.0 Å². The minimum atomic E-state index is -0.457. The van der Waals surface area contributed by atoms with E-state index in [9.17, 15) is 5.11 Å². The molecule has 1 aromatic carbocycles. The van der Waals surface area contributed by atoms with Crippen LogP contribution in [0, 0.1) is 0 Å². The van der Waals surface area contributed by atoms with Crippen LogP contribution in [0.25, 0.3) is 17.0 Å². The number of nitrogens with zero attached hydrogens (tertiary/aromatic N) is 4. The first-order chi connectivity index (χ1) is 11.2. The highest BCUT2D eigenvalue weighted by Gasteiger charge is 2.17. The first-order valence-corrected chi connectivity index (χ1v) is 7.25. The number of aromatic nitrogens is 4. The lowest BCUT2D eigenvalue weighted by Gasteiger charge is -2.08. The van der Waals surface area contributed by atoms with Crippen molar-refractivity contribution in [2.24, 2.45) is 0 Å². The van der Waals surface area contributed by atoms with Crippen molar-refractivity contribution in [3.8, 4) is 22.9 Å². The zero-order chi connectivity index (χ0) is 15.8. The molecule has 1 aliphatic rings. The van der Waals surface area contributed by atoms with Crippen LogP contribution < -0.4 is 14.8 Å². The van der Waals surface area contributed by atoms with Crippen molar-refractivity contribution in [2.45, 2.75) is 13.0 Å². The maximum atomic E-state index is 9.36. The lowest BCUT2D eigenvalue weighted by molar-refractivity contribution is 0.174. The summed E-state index contributed by atoms with van der Waals surface area (Å²) in [5.41, 5.74) is 1.47. The number of nitrogens with one attached hydrogen (secondary N) is 1. The summed E-state index contributed by atoms with van der Waals surface area (Å²) >= 11 is 0. The van der Waals surface area contributed by atoms with Crippen LogP contribution in [0.4, 0.5) is 5.82 Å². The predicted molar refractivity (Wildman–Crippen MR) is 82.5 cm³/mol. The zero-order valence-electron chi connectivity index (χ0n) is 12.4. The van der Waals surface area contributed by atoms with Crippen LogP contribution in [0.1, 0.15) is 6.92 Å². The Balaban J connectivity index is 1.73. The van der Waals surface area contributed by atoms with Crippen LogP contribution in [0.15, 0.2) is 30.3 Å². The van der Waals surface area contributed by atoms with E-state index in [-0.39, 0.29) is 6.79 Å². The lowest BCUT2D eigenvalue weighted by Crippen LogP contribution is -2.16. The van der Waals surface area contributed by atoms with Gasteiger partial charge in [-0.1, -0.05) is 0 Å². The Morgan fingerprint density at radius 2 is 2.09 bits per heavy atom. The number of aliphatic hydroxyl groups is 1. The second-order valence-electron chi connectivity index (χ2n) is 5.31.